The second kappa shape index (κ2) is 11.4. The SMILES string of the molecule is Nc1ccc(/C=C/OC(=O)CCCCC(=O)OCCc2ccc(N)cc2)cc1. The summed E-state index contributed by atoms with van der Waals surface area (Å²) in [6, 6.07) is 14.7. The van der Waals surface area contributed by atoms with Crippen LogP contribution in [0.1, 0.15) is 36.8 Å². The van der Waals surface area contributed by atoms with Gasteiger partial charge in [0, 0.05) is 30.6 Å². The average molecular weight is 382 g/mol. The zero-order valence-corrected chi connectivity index (χ0v) is 15.8. The molecule has 28 heavy (non-hydrogen) atoms. The van der Waals surface area contributed by atoms with Crippen LogP contribution in [0.3, 0.4) is 0 Å². The molecule has 2 aromatic carbocycles. The highest BCUT2D eigenvalue weighted by atomic mass is 16.5. The van der Waals surface area contributed by atoms with Gasteiger partial charge in [0.2, 0.25) is 0 Å². The van der Waals surface area contributed by atoms with Gasteiger partial charge in [-0.25, -0.2) is 0 Å². The fraction of sp³-hybridized carbons (Fsp3) is 0.273. The van der Waals surface area contributed by atoms with Gasteiger partial charge in [0.05, 0.1) is 12.9 Å². The molecular formula is C22H26N2O4. The van der Waals surface area contributed by atoms with Crippen molar-refractivity contribution < 1.29 is 19.1 Å². The van der Waals surface area contributed by atoms with E-state index in [1.54, 1.807) is 18.2 Å². The minimum atomic E-state index is -0.330. The van der Waals surface area contributed by atoms with E-state index in [0.717, 1.165) is 11.1 Å². The molecule has 6 nitrogen and oxygen atoms in total. The number of hydrogen-bond acceptors (Lipinski definition) is 6. The zero-order valence-electron chi connectivity index (χ0n) is 15.8. The summed E-state index contributed by atoms with van der Waals surface area (Å²) in [5.41, 5.74) is 14.6. The number of carbonyl (C=O) groups is 2. The molecule has 0 aromatic heterocycles. The molecule has 2 aromatic rings. The van der Waals surface area contributed by atoms with E-state index in [1.807, 2.05) is 36.4 Å². The van der Waals surface area contributed by atoms with Gasteiger partial charge in [-0.15, -0.1) is 0 Å². The van der Waals surface area contributed by atoms with Crippen LogP contribution in [0.4, 0.5) is 11.4 Å². The van der Waals surface area contributed by atoms with Crippen molar-refractivity contribution in [2.45, 2.75) is 32.1 Å². The van der Waals surface area contributed by atoms with Gasteiger partial charge >= 0.3 is 11.9 Å². The Hall–Kier alpha value is -3.28. The number of anilines is 2. The first-order valence-electron chi connectivity index (χ1n) is 9.24. The Bertz CT molecular complexity index is 783. The summed E-state index contributed by atoms with van der Waals surface area (Å²) in [4.78, 5) is 23.4. The highest BCUT2D eigenvalue weighted by molar-refractivity contribution is 5.71. The summed E-state index contributed by atoms with van der Waals surface area (Å²) in [6.45, 7) is 0.334. The minimum absolute atomic E-state index is 0.255. The lowest BCUT2D eigenvalue weighted by Crippen LogP contribution is -2.08. The molecule has 0 aliphatic rings. The molecule has 0 heterocycles. The fourth-order valence-electron chi connectivity index (χ4n) is 2.43. The molecule has 0 amide bonds. The summed E-state index contributed by atoms with van der Waals surface area (Å²) in [5.74, 6) is -0.588. The second-order valence-corrected chi connectivity index (χ2v) is 6.38. The number of rotatable bonds is 10. The third-order valence-electron chi connectivity index (χ3n) is 4.04. The van der Waals surface area contributed by atoms with Gasteiger partial charge in [-0.1, -0.05) is 24.3 Å². The molecule has 0 aliphatic carbocycles. The molecule has 0 bridgehead atoms. The van der Waals surface area contributed by atoms with E-state index in [1.165, 1.54) is 6.26 Å². The van der Waals surface area contributed by atoms with Gasteiger partial charge in [0.15, 0.2) is 0 Å². The van der Waals surface area contributed by atoms with Gasteiger partial charge in [-0.3, -0.25) is 9.59 Å². The number of nitrogens with two attached hydrogens (primary N) is 2. The Kier molecular flexibility index (Phi) is 8.59. The van der Waals surface area contributed by atoms with E-state index < -0.39 is 0 Å². The summed E-state index contributed by atoms with van der Waals surface area (Å²) in [6.07, 6.45) is 5.40. The Morgan fingerprint density at radius 2 is 1.39 bits per heavy atom. The molecule has 0 atom stereocenters. The number of carbonyl (C=O) groups excluding carboxylic acids is 2. The first-order chi connectivity index (χ1) is 13.5. The molecule has 6 heteroatoms. The van der Waals surface area contributed by atoms with Crippen LogP contribution in [0.5, 0.6) is 0 Å². The molecule has 148 valence electrons. The number of nitrogen functional groups attached to an aromatic ring is 2. The van der Waals surface area contributed by atoms with E-state index in [-0.39, 0.29) is 24.8 Å². The number of ether oxygens (including phenoxy) is 2. The maximum Gasteiger partial charge on any atom is 0.310 e. The number of unbranched alkanes of at least 4 members (excludes halogenated alkanes) is 1. The average Bonchev–Trinajstić information content (AvgIpc) is 2.68. The van der Waals surface area contributed by atoms with Crippen molar-refractivity contribution in [3.05, 3.63) is 65.9 Å². The molecule has 0 unspecified atom stereocenters. The smallest absolute Gasteiger partial charge is 0.310 e. The summed E-state index contributed by atoms with van der Waals surface area (Å²) in [7, 11) is 0. The lowest BCUT2D eigenvalue weighted by atomic mass is 10.1. The van der Waals surface area contributed by atoms with E-state index in [4.69, 9.17) is 20.9 Å². The highest BCUT2D eigenvalue weighted by Crippen LogP contribution is 2.09. The van der Waals surface area contributed by atoms with Crippen LogP contribution in [-0.4, -0.2) is 18.5 Å². The molecule has 4 N–H and O–H groups in total. The second-order valence-electron chi connectivity index (χ2n) is 6.38. The largest absolute Gasteiger partial charge is 0.465 e. The first kappa shape index (κ1) is 21.0. The van der Waals surface area contributed by atoms with E-state index in [9.17, 15) is 9.59 Å². The molecule has 0 radical (unpaired) electrons. The van der Waals surface area contributed by atoms with Gasteiger partial charge in [-0.05, 0) is 54.3 Å². The van der Waals surface area contributed by atoms with Crippen LogP contribution in [0.25, 0.3) is 6.08 Å². The highest BCUT2D eigenvalue weighted by Gasteiger charge is 2.06. The Labute approximate surface area is 165 Å². The molecule has 2 rings (SSSR count). The summed E-state index contributed by atoms with van der Waals surface area (Å²) < 4.78 is 10.2. The summed E-state index contributed by atoms with van der Waals surface area (Å²) in [5, 5.41) is 0. The Morgan fingerprint density at radius 1 is 0.821 bits per heavy atom. The quantitative estimate of drug-likeness (QED) is 0.281. The maximum atomic E-state index is 11.7. The predicted molar refractivity (Wildman–Crippen MR) is 110 cm³/mol. The van der Waals surface area contributed by atoms with Crippen molar-refractivity contribution in [2.24, 2.45) is 0 Å². The van der Waals surface area contributed by atoms with Crippen molar-refractivity contribution >= 4 is 29.4 Å². The van der Waals surface area contributed by atoms with Crippen LogP contribution < -0.4 is 11.5 Å². The Morgan fingerprint density at radius 3 is 2.04 bits per heavy atom. The van der Waals surface area contributed by atoms with Crippen molar-refractivity contribution in [3.8, 4) is 0 Å². The van der Waals surface area contributed by atoms with E-state index >= 15 is 0 Å². The van der Waals surface area contributed by atoms with Crippen LogP contribution in [-0.2, 0) is 25.5 Å². The van der Waals surface area contributed by atoms with E-state index in [2.05, 4.69) is 0 Å². The molecule has 0 aliphatic heterocycles. The Balaban J connectivity index is 1.52. The van der Waals surface area contributed by atoms with Crippen molar-refractivity contribution in [1.82, 2.24) is 0 Å². The van der Waals surface area contributed by atoms with Gasteiger partial charge in [0.1, 0.15) is 0 Å². The third-order valence-corrected chi connectivity index (χ3v) is 4.04. The van der Waals surface area contributed by atoms with Gasteiger partial charge < -0.3 is 20.9 Å². The molecule has 0 saturated carbocycles. The van der Waals surface area contributed by atoms with Crippen molar-refractivity contribution in [3.63, 3.8) is 0 Å². The van der Waals surface area contributed by atoms with Crippen LogP contribution in [0.2, 0.25) is 0 Å². The summed E-state index contributed by atoms with van der Waals surface area (Å²) >= 11 is 0. The van der Waals surface area contributed by atoms with Crippen molar-refractivity contribution in [2.75, 3.05) is 18.1 Å². The number of hydrogen-bond donors (Lipinski definition) is 2. The third kappa shape index (κ3) is 8.40. The van der Waals surface area contributed by atoms with Crippen LogP contribution >= 0.6 is 0 Å². The normalized spacial score (nSPS) is 10.7. The van der Waals surface area contributed by atoms with Crippen molar-refractivity contribution in [1.29, 1.82) is 0 Å². The molecule has 0 saturated heterocycles. The maximum absolute atomic E-state index is 11.7. The van der Waals surface area contributed by atoms with Crippen LogP contribution in [0.15, 0.2) is 54.8 Å². The van der Waals surface area contributed by atoms with Gasteiger partial charge in [0.25, 0.3) is 0 Å². The van der Waals surface area contributed by atoms with Crippen LogP contribution in [0, 0.1) is 0 Å². The first-order valence-corrected chi connectivity index (χ1v) is 9.24. The number of benzene rings is 2. The lowest BCUT2D eigenvalue weighted by molar-refractivity contribution is -0.144. The fourth-order valence-corrected chi connectivity index (χ4v) is 2.43. The number of esters is 2. The zero-order chi connectivity index (χ0) is 20.2. The predicted octanol–water partition coefficient (Wildman–Crippen LogP) is 3.71. The van der Waals surface area contributed by atoms with Gasteiger partial charge in [-0.2, -0.15) is 0 Å². The molecule has 0 spiro atoms. The lowest BCUT2D eigenvalue weighted by Gasteiger charge is -2.05. The minimum Gasteiger partial charge on any atom is -0.465 e. The monoisotopic (exact) mass is 382 g/mol. The standard InChI is InChI=1S/C22H26N2O4/c23-19-9-5-17(6-10-19)13-15-27-21(25)3-1-2-4-22(26)28-16-14-18-7-11-20(24)12-8-18/h5-13,15H,1-4,14,16,23-24H2/b15-13+. The topological polar surface area (TPSA) is 105 Å². The molecular weight excluding hydrogens is 356 g/mol. The van der Waals surface area contributed by atoms with E-state index in [0.29, 0.717) is 37.2 Å². The molecule has 0 fully saturated rings.